The van der Waals surface area contributed by atoms with Crippen LogP contribution in [0.2, 0.25) is 0 Å². The Morgan fingerprint density at radius 3 is 2.39 bits per heavy atom. The van der Waals surface area contributed by atoms with E-state index in [-0.39, 0.29) is 5.78 Å². The van der Waals surface area contributed by atoms with Crippen molar-refractivity contribution in [2.75, 3.05) is 12.3 Å². The third kappa shape index (κ3) is 4.10. The summed E-state index contributed by atoms with van der Waals surface area (Å²) in [6.07, 6.45) is 0.984. The topological polar surface area (TPSA) is 115 Å². The van der Waals surface area contributed by atoms with Gasteiger partial charge in [0.25, 0.3) is 0 Å². The molecule has 0 radical (unpaired) electrons. The van der Waals surface area contributed by atoms with Gasteiger partial charge < -0.3 is 22.3 Å². The summed E-state index contributed by atoms with van der Waals surface area (Å²) in [4.78, 5) is 11.9. The minimum absolute atomic E-state index is 0.364. The highest BCUT2D eigenvalue weighted by Gasteiger charge is 2.23. The summed E-state index contributed by atoms with van der Waals surface area (Å²) < 4.78 is 0. The predicted octanol–water partition coefficient (Wildman–Crippen LogP) is 0.328. The lowest BCUT2D eigenvalue weighted by molar-refractivity contribution is -0.128. The number of aliphatic hydroxyl groups is 1. The Bertz CT molecular complexity index is 378. The number of ketones is 1. The average molecular weight is 251 g/mol. The molecule has 0 spiro atoms. The SMILES string of the molecule is NCCCC[C@H](N)C(=O)C(O)c1ccc(N)cc1. The first-order chi connectivity index (χ1) is 8.56. The number of Topliss-reactive ketones (excluding diaryl/α,β-unsaturated/α-hetero) is 1. The van der Waals surface area contributed by atoms with Crippen LogP contribution >= 0.6 is 0 Å². The lowest BCUT2D eigenvalue weighted by Crippen LogP contribution is -2.34. The van der Waals surface area contributed by atoms with E-state index < -0.39 is 12.1 Å². The first-order valence-electron chi connectivity index (χ1n) is 6.09. The van der Waals surface area contributed by atoms with Crippen LogP contribution < -0.4 is 17.2 Å². The summed E-state index contributed by atoms with van der Waals surface area (Å²) in [6.45, 7) is 0.585. The first kappa shape index (κ1) is 14.6. The van der Waals surface area contributed by atoms with Gasteiger partial charge in [0.15, 0.2) is 5.78 Å². The second-order valence-electron chi connectivity index (χ2n) is 4.36. The number of hydrogen-bond acceptors (Lipinski definition) is 5. The molecule has 0 aliphatic carbocycles. The molecule has 1 aromatic carbocycles. The lowest BCUT2D eigenvalue weighted by Gasteiger charge is -2.15. The van der Waals surface area contributed by atoms with E-state index in [0.717, 1.165) is 12.8 Å². The second kappa shape index (κ2) is 7.10. The van der Waals surface area contributed by atoms with Crippen molar-refractivity contribution in [3.63, 3.8) is 0 Å². The van der Waals surface area contributed by atoms with E-state index in [2.05, 4.69) is 0 Å². The fraction of sp³-hybridized carbons (Fsp3) is 0.462. The zero-order valence-corrected chi connectivity index (χ0v) is 10.4. The van der Waals surface area contributed by atoms with Gasteiger partial charge in [0, 0.05) is 5.69 Å². The fourth-order valence-corrected chi connectivity index (χ4v) is 1.70. The van der Waals surface area contributed by atoms with E-state index in [1.807, 2.05) is 0 Å². The zero-order valence-electron chi connectivity index (χ0n) is 10.4. The Kier molecular flexibility index (Phi) is 5.77. The number of nitrogen functional groups attached to an aromatic ring is 1. The second-order valence-corrected chi connectivity index (χ2v) is 4.36. The van der Waals surface area contributed by atoms with Crippen LogP contribution in [0.1, 0.15) is 30.9 Å². The van der Waals surface area contributed by atoms with Crippen LogP contribution in [0, 0.1) is 0 Å². The normalized spacial score (nSPS) is 14.2. The molecule has 7 N–H and O–H groups in total. The maximum atomic E-state index is 11.9. The maximum absolute atomic E-state index is 11.9. The van der Waals surface area contributed by atoms with Crippen LogP contribution in [0.15, 0.2) is 24.3 Å². The van der Waals surface area contributed by atoms with Gasteiger partial charge in [0.05, 0.1) is 6.04 Å². The van der Waals surface area contributed by atoms with Crippen LogP contribution in [0.3, 0.4) is 0 Å². The molecule has 0 saturated heterocycles. The Labute approximate surface area is 107 Å². The molecule has 0 bridgehead atoms. The van der Waals surface area contributed by atoms with Crippen LogP contribution in [-0.2, 0) is 4.79 Å². The van der Waals surface area contributed by atoms with E-state index in [9.17, 15) is 9.90 Å². The third-order valence-corrected chi connectivity index (χ3v) is 2.86. The molecule has 5 nitrogen and oxygen atoms in total. The van der Waals surface area contributed by atoms with Gasteiger partial charge in [-0.3, -0.25) is 4.79 Å². The molecule has 100 valence electrons. The summed E-state index contributed by atoms with van der Waals surface area (Å²) in [6, 6.07) is 5.90. The molecule has 0 aliphatic rings. The standard InChI is InChI=1S/C13H21N3O2/c14-8-2-1-3-11(16)13(18)12(17)9-4-6-10(15)7-5-9/h4-7,11-12,17H,1-3,8,14-16H2/t11-,12?/m0/s1. The van der Waals surface area contributed by atoms with Crippen molar-refractivity contribution in [3.8, 4) is 0 Å². The number of aliphatic hydroxyl groups excluding tert-OH is 1. The van der Waals surface area contributed by atoms with Crippen molar-refractivity contribution in [2.24, 2.45) is 11.5 Å². The molecule has 1 rings (SSSR count). The van der Waals surface area contributed by atoms with Crippen molar-refractivity contribution < 1.29 is 9.90 Å². The first-order valence-corrected chi connectivity index (χ1v) is 6.09. The maximum Gasteiger partial charge on any atom is 0.182 e. The van der Waals surface area contributed by atoms with Crippen LogP contribution in [0.25, 0.3) is 0 Å². The van der Waals surface area contributed by atoms with Crippen molar-refractivity contribution in [1.29, 1.82) is 0 Å². The molecule has 2 atom stereocenters. The lowest BCUT2D eigenvalue weighted by atomic mass is 9.97. The molecule has 0 aromatic heterocycles. The van der Waals surface area contributed by atoms with Gasteiger partial charge in [-0.2, -0.15) is 0 Å². The number of carbonyl (C=O) groups excluding carboxylic acids is 1. The molecule has 0 fully saturated rings. The Morgan fingerprint density at radius 1 is 1.22 bits per heavy atom. The molecule has 0 heterocycles. The Morgan fingerprint density at radius 2 is 1.83 bits per heavy atom. The van der Waals surface area contributed by atoms with E-state index >= 15 is 0 Å². The molecule has 18 heavy (non-hydrogen) atoms. The summed E-state index contributed by atoms with van der Waals surface area (Å²) in [5.41, 5.74) is 17.8. The molecular formula is C13H21N3O2. The van der Waals surface area contributed by atoms with Gasteiger partial charge in [-0.1, -0.05) is 18.6 Å². The fourth-order valence-electron chi connectivity index (χ4n) is 1.70. The minimum Gasteiger partial charge on any atom is -0.399 e. The number of anilines is 1. The van der Waals surface area contributed by atoms with Crippen molar-refractivity contribution >= 4 is 11.5 Å². The molecule has 0 saturated carbocycles. The minimum atomic E-state index is -1.18. The predicted molar refractivity (Wildman–Crippen MR) is 71.7 cm³/mol. The highest BCUT2D eigenvalue weighted by atomic mass is 16.3. The van der Waals surface area contributed by atoms with Gasteiger partial charge in [0.2, 0.25) is 0 Å². The average Bonchev–Trinajstić information content (AvgIpc) is 2.38. The summed E-state index contributed by atoms with van der Waals surface area (Å²) >= 11 is 0. The smallest absolute Gasteiger partial charge is 0.182 e. The van der Waals surface area contributed by atoms with Crippen molar-refractivity contribution in [1.82, 2.24) is 0 Å². The highest BCUT2D eigenvalue weighted by Crippen LogP contribution is 2.17. The molecule has 1 unspecified atom stereocenters. The Balaban J connectivity index is 2.57. The quantitative estimate of drug-likeness (QED) is 0.411. The van der Waals surface area contributed by atoms with Crippen LogP contribution in [0.5, 0.6) is 0 Å². The van der Waals surface area contributed by atoms with E-state index in [4.69, 9.17) is 17.2 Å². The van der Waals surface area contributed by atoms with E-state index in [0.29, 0.717) is 24.2 Å². The van der Waals surface area contributed by atoms with Crippen LogP contribution in [-0.4, -0.2) is 23.5 Å². The number of unbranched alkanes of at least 4 members (excludes halogenated alkanes) is 1. The number of nitrogens with two attached hydrogens (primary N) is 3. The molecular weight excluding hydrogens is 230 g/mol. The molecule has 1 aromatic rings. The molecule has 0 amide bonds. The summed E-state index contributed by atoms with van der Waals surface area (Å²) in [5.74, 6) is -0.364. The monoisotopic (exact) mass is 251 g/mol. The largest absolute Gasteiger partial charge is 0.399 e. The van der Waals surface area contributed by atoms with Crippen molar-refractivity contribution in [2.45, 2.75) is 31.4 Å². The van der Waals surface area contributed by atoms with Gasteiger partial charge in [-0.15, -0.1) is 0 Å². The molecule has 5 heteroatoms. The van der Waals surface area contributed by atoms with Crippen molar-refractivity contribution in [3.05, 3.63) is 29.8 Å². The number of carbonyl (C=O) groups is 1. The summed E-state index contributed by atoms with van der Waals surface area (Å²) in [5, 5.41) is 9.91. The van der Waals surface area contributed by atoms with Crippen LogP contribution in [0.4, 0.5) is 5.69 Å². The van der Waals surface area contributed by atoms with Gasteiger partial charge in [0.1, 0.15) is 6.10 Å². The number of rotatable bonds is 7. The highest BCUT2D eigenvalue weighted by molar-refractivity contribution is 5.88. The van der Waals surface area contributed by atoms with E-state index in [1.54, 1.807) is 24.3 Å². The van der Waals surface area contributed by atoms with Gasteiger partial charge in [-0.25, -0.2) is 0 Å². The van der Waals surface area contributed by atoms with E-state index in [1.165, 1.54) is 0 Å². The van der Waals surface area contributed by atoms with Gasteiger partial charge >= 0.3 is 0 Å². The van der Waals surface area contributed by atoms with Gasteiger partial charge in [-0.05, 0) is 37.1 Å². The zero-order chi connectivity index (χ0) is 13.5. The Hall–Kier alpha value is -1.43. The summed E-state index contributed by atoms with van der Waals surface area (Å²) in [7, 11) is 0. The third-order valence-electron chi connectivity index (χ3n) is 2.86. The number of benzene rings is 1. The molecule has 0 aliphatic heterocycles. The number of hydrogen-bond donors (Lipinski definition) is 4.